The summed E-state index contributed by atoms with van der Waals surface area (Å²) in [6.45, 7) is 2.79. The standard InChI is InChI=1S/C21H21N3O3/c1-2-18-17(13-23-24(18)15-8-4-3-5-9-15)21(25)22-12-16-14-26-19-10-6-7-11-20(19)27-16/h3-11,13,16H,2,12,14H2,1H3,(H,22,25)/t16-/m0/s1. The van der Waals surface area contributed by atoms with E-state index in [-0.39, 0.29) is 12.0 Å². The molecule has 0 aliphatic carbocycles. The number of nitrogens with one attached hydrogen (secondary N) is 1. The highest BCUT2D eigenvalue weighted by Gasteiger charge is 2.23. The summed E-state index contributed by atoms with van der Waals surface area (Å²) in [5.74, 6) is 1.28. The predicted octanol–water partition coefficient (Wildman–Crippen LogP) is 3.00. The number of nitrogens with zero attached hydrogens (tertiary/aromatic N) is 2. The molecule has 6 heteroatoms. The van der Waals surface area contributed by atoms with Crippen LogP contribution in [-0.2, 0) is 6.42 Å². The smallest absolute Gasteiger partial charge is 0.254 e. The molecule has 27 heavy (non-hydrogen) atoms. The molecule has 0 spiro atoms. The van der Waals surface area contributed by atoms with Crippen LogP contribution in [-0.4, -0.2) is 34.9 Å². The molecule has 1 atom stereocenters. The van der Waals surface area contributed by atoms with Gasteiger partial charge in [0.25, 0.3) is 5.91 Å². The Balaban J connectivity index is 1.44. The summed E-state index contributed by atoms with van der Waals surface area (Å²) in [5.41, 5.74) is 2.40. The molecule has 1 aliphatic rings. The fourth-order valence-electron chi connectivity index (χ4n) is 3.16. The average Bonchev–Trinajstić information content (AvgIpc) is 3.16. The van der Waals surface area contributed by atoms with Gasteiger partial charge in [-0.1, -0.05) is 37.3 Å². The Labute approximate surface area is 157 Å². The van der Waals surface area contributed by atoms with Crippen molar-refractivity contribution in [3.63, 3.8) is 0 Å². The van der Waals surface area contributed by atoms with Gasteiger partial charge in [-0.25, -0.2) is 4.68 Å². The van der Waals surface area contributed by atoms with E-state index in [0.29, 0.717) is 30.9 Å². The van der Waals surface area contributed by atoms with E-state index in [2.05, 4.69) is 10.4 Å². The lowest BCUT2D eigenvalue weighted by Crippen LogP contribution is -2.40. The lowest BCUT2D eigenvalue weighted by atomic mass is 10.2. The minimum absolute atomic E-state index is 0.156. The van der Waals surface area contributed by atoms with Crippen molar-refractivity contribution >= 4 is 5.91 Å². The maximum Gasteiger partial charge on any atom is 0.254 e. The largest absolute Gasteiger partial charge is 0.486 e. The highest BCUT2D eigenvalue weighted by Crippen LogP contribution is 2.30. The lowest BCUT2D eigenvalue weighted by Gasteiger charge is -2.26. The molecule has 0 bridgehead atoms. The van der Waals surface area contributed by atoms with Crippen molar-refractivity contribution in [2.75, 3.05) is 13.2 Å². The van der Waals surface area contributed by atoms with Gasteiger partial charge in [-0.3, -0.25) is 4.79 Å². The third-order valence-corrected chi connectivity index (χ3v) is 4.51. The number of ether oxygens (including phenoxy) is 2. The first-order chi connectivity index (χ1) is 13.3. The van der Waals surface area contributed by atoms with Crippen molar-refractivity contribution in [2.45, 2.75) is 19.4 Å². The number of fused-ring (bicyclic) bond motifs is 1. The molecule has 1 aromatic heterocycles. The molecule has 1 N–H and O–H groups in total. The van der Waals surface area contributed by atoms with Gasteiger partial charge in [-0.15, -0.1) is 0 Å². The lowest BCUT2D eigenvalue weighted by molar-refractivity contribution is 0.0788. The molecule has 0 saturated carbocycles. The summed E-state index contributed by atoms with van der Waals surface area (Å²) in [5, 5.41) is 7.34. The zero-order valence-electron chi connectivity index (χ0n) is 15.1. The molecule has 0 radical (unpaired) electrons. The van der Waals surface area contributed by atoms with Gasteiger partial charge in [0, 0.05) is 0 Å². The fourth-order valence-corrected chi connectivity index (χ4v) is 3.16. The van der Waals surface area contributed by atoms with Gasteiger partial charge in [0.05, 0.1) is 29.7 Å². The van der Waals surface area contributed by atoms with Crippen LogP contribution in [0.2, 0.25) is 0 Å². The Morgan fingerprint density at radius 2 is 1.89 bits per heavy atom. The maximum absolute atomic E-state index is 12.7. The maximum atomic E-state index is 12.7. The number of carbonyl (C=O) groups is 1. The van der Waals surface area contributed by atoms with Crippen molar-refractivity contribution in [3.8, 4) is 17.2 Å². The van der Waals surface area contributed by atoms with Crippen LogP contribution in [0.1, 0.15) is 23.0 Å². The third-order valence-electron chi connectivity index (χ3n) is 4.51. The van der Waals surface area contributed by atoms with Crippen LogP contribution >= 0.6 is 0 Å². The van der Waals surface area contributed by atoms with Crippen LogP contribution < -0.4 is 14.8 Å². The van der Waals surface area contributed by atoms with Gasteiger partial charge in [0.2, 0.25) is 0 Å². The monoisotopic (exact) mass is 363 g/mol. The molecule has 2 aromatic carbocycles. The van der Waals surface area contributed by atoms with Crippen LogP contribution in [0.3, 0.4) is 0 Å². The number of para-hydroxylation sites is 3. The minimum atomic E-state index is -0.224. The molecule has 3 aromatic rings. The van der Waals surface area contributed by atoms with Crippen molar-refractivity contribution in [2.24, 2.45) is 0 Å². The van der Waals surface area contributed by atoms with Crippen LogP contribution in [0.15, 0.2) is 60.8 Å². The molecule has 6 nitrogen and oxygen atoms in total. The Hall–Kier alpha value is -3.28. The first kappa shape index (κ1) is 17.1. The number of aromatic nitrogens is 2. The van der Waals surface area contributed by atoms with E-state index >= 15 is 0 Å². The molecule has 0 saturated heterocycles. The second kappa shape index (κ2) is 7.53. The summed E-state index contributed by atoms with van der Waals surface area (Å²) in [6.07, 6.45) is 2.10. The predicted molar refractivity (Wildman–Crippen MR) is 102 cm³/mol. The number of rotatable bonds is 5. The highest BCUT2D eigenvalue weighted by atomic mass is 16.6. The Bertz CT molecular complexity index is 937. The van der Waals surface area contributed by atoms with Crippen LogP contribution in [0, 0.1) is 0 Å². The van der Waals surface area contributed by atoms with E-state index in [0.717, 1.165) is 17.1 Å². The molecular formula is C21H21N3O3. The first-order valence-electron chi connectivity index (χ1n) is 9.05. The van der Waals surface area contributed by atoms with Gasteiger partial charge in [0.15, 0.2) is 11.5 Å². The normalized spacial score (nSPS) is 15.4. The Morgan fingerprint density at radius 1 is 1.15 bits per heavy atom. The molecule has 138 valence electrons. The SMILES string of the molecule is CCc1c(C(=O)NC[C@H]2COc3ccccc3O2)cnn1-c1ccccc1. The first-order valence-corrected chi connectivity index (χ1v) is 9.05. The highest BCUT2D eigenvalue weighted by molar-refractivity contribution is 5.95. The van der Waals surface area contributed by atoms with Gasteiger partial charge in [-0.05, 0) is 30.7 Å². The summed E-state index contributed by atoms with van der Waals surface area (Å²) >= 11 is 0. The number of hydrogen-bond acceptors (Lipinski definition) is 4. The van der Waals surface area contributed by atoms with Crippen molar-refractivity contribution < 1.29 is 14.3 Å². The van der Waals surface area contributed by atoms with Crippen molar-refractivity contribution in [1.29, 1.82) is 0 Å². The molecule has 0 unspecified atom stereocenters. The van der Waals surface area contributed by atoms with Gasteiger partial charge in [0.1, 0.15) is 12.7 Å². The fraction of sp³-hybridized carbons (Fsp3) is 0.238. The average molecular weight is 363 g/mol. The van der Waals surface area contributed by atoms with Gasteiger partial charge in [-0.2, -0.15) is 5.10 Å². The van der Waals surface area contributed by atoms with E-state index in [9.17, 15) is 4.79 Å². The number of carbonyl (C=O) groups excluding carboxylic acids is 1. The quantitative estimate of drug-likeness (QED) is 0.757. The summed E-state index contributed by atoms with van der Waals surface area (Å²) < 4.78 is 13.4. The molecule has 1 amide bonds. The van der Waals surface area contributed by atoms with Crippen LogP contribution in [0.5, 0.6) is 11.5 Å². The number of amides is 1. The van der Waals surface area contributed by atoms with E-state index < -0.39 is 0 Å². The Morgan fingerprint density at radius 3 is 2.67 bits per heavy atom. The van der Waals surface area contributed by atoms with Crippen molar-refractivity contribution in [1.82, 2.24) is 15.1 Å². The summed E-state index contributed by atoms with van der Waals surface area (Å²) in [4.78, 5) is 12.7. The topological polar surface area (TPSA) is 65.4 Å². The third kappa shape index (κ3) is 3.51. The number of hydrogen-bond donors (Lipinski definition) is 1. The summed E-state index contributed by atoms with van der Waals surface area (Å²) in [6, 6.07) is 17.3. The van der Waals surface area contributed by atoms with E-state index in [1.54, 1.807) is 6.20 Å². The minimum Gasteiger partial charge on any atom is -0.486 e. The van der Waals surface area contributed by atoms with E-state index in [1.165, 1.54) is 0 Å². The second-order valence-corrected chi connectivity index (χ2v) is 6.31. The van der Waals surface area contributed by atoms with Crippen molar-refractivity contribution in [3.05, 3.63) is 72.1 Å². The Kier molecular flexibility index (Phi) is 4.78. The second-order valence-electron chi connectivity index (χ2n) is 6.31. The van der Waals surface area contributed by atoms with Gasteiger partial charge < -0.3 is 14.8 Å². The van der Waals surface area contributed by atoms with Crippen LogP contribution in [0.4, 0.5) is 0 Å². The van der Waals surface area contributed by atoms with E-state index in [1.807, 2.05) is 66.2 Å². The number of benzene rings is 2. The summed E-state index contributed by atoms with van der Waals surface area (Å²) in [7, 11) is 0. The molecular weight excluding hydrogens is 342 g/mol. The molecule has 1 aliphatic heterocycles. The van der Waals surface area contributed by atoms with E-state index in [4.69, 9.17) is 9.47 Å². The zero-order chi connectivity index (χ0) is 18.6. The van der Waals surface area contributed by atoms with Gasteiger partial charge >= 0.3 is 0 Å². The molecule has 4 rings (SSSR count). The molecule has 2 heterocycles. The van der Waals surface area contributed by atoms with Crippen LogP contribution in [0.25, 0.3) is 5.69 Å². The molecule has 0 fully saturated rings. The zero-order valence-corrected chi connectivity index (χ0v) is 15.1.